The Morgan fingerprint density at radius 3 is 2.74 bits per heavy atom. The third-order valence-corrected chi connectivity index (χ3v) is 2.85. The number of aromatic nitrogens is 2. The molecule has 1 heterocycles. The highest BCUT2D eigenvalue weighted by molar-refractivity contribution is 5.83. The lowest BCUT2D eigenvalue weighted by molar-refractivity contribution is -0.123. The van der Waals surface area contributed by atoms with Gasteiger partial charge in [-0.1, -0.05) is 30.3 Å². The number of amides is 1. The standard InChI is InChI=1S/C14H18N4O/c1-11(10-18-9-5-8-16-18)17-14(19)13(15)12-6-3-2-4-7-12/h2-9,11,13H,10,15H2,1H3,(H,17,19)/t11?,13-/m0/s1. The maximum atomic E-state index is 12.0. The van der Waals surface area contributed by atoms with E-state index in [-0.39, 0.29) is 11.9 Å². The summed E-state index contributed by atoms with van der Waals surface area (Å²) in [4.78, 5) is 12.0. The number of rotatable bonds is 5. The predicted octanol–water partition coefficient (Wildman–Crippen LogP) is 1.09. The fourth-order valence-electron chi connectivity index (χ4n) is 1.88. The summed E-state index contributed by atoms with van der Waals surface area (Å²) in [5, 5.41) is 6.99. The second-order valence-corrected chi connectivity index (χ2v) is 4.53. The summed E-state index contributed by atoms with van der Waals surface area (Å²) in [5.74, 6) is -0.175. The summed E-state index contributed by atoms with van der Waals surface area (Å²) in [6, 6.07) is 10.5. The molecule has 2 rings (SSSR count). The van der Waals surface area contributed by atoms with Crippen molar-refractivity contribution in [1.82, 2.24) is 15.1 Å². The Bertz CT molecular complexity index is 510. The molecule has 1 aromatic carbocycles. The average molecular weight is 258 g/mol. The van der Waals surface area contributed by atoms with Crippen LogP contribution in [0.5, 0.6) is 0 Å². The van der Waals surface area contributed by atoms with Crippen LogP contribution < -0.4 is 11.1 Å². The fraction of sp³-hybridized carbons (Fsp3) is 0.286. The summed E-state index contributed by atoms with van der Waals surface area (Å²) >= 11 is 0. The minimum Gasteiger partial charge on any atom is -0.350 e. The van der Waals surface area contributed by atoms with Crippen LogP contribution in [0.4, 0.5) is 0 Å². The molecule has 0 fully saturated rings. The van der Waals surface area contributed by atoms with Gasteiger partial charge in [-0.15, -0.1) is 0 Å². The Labute approximate surface area is 112 Å². The van der Waals surface area contributed by atoms with Gasteiger partial charge in [-0.05, 0) is 18.6 Å². The Kier molecular flexibility index (Phi) is 4.30. The summed E-state index contributed by atoms with van der Waals surface area (Å²) < 4.78 is 1.78. The van der Waals surface area contributed by atoms with Crippen molar-refractivity contribution >= 4 is 5.91 Å². The normalized spacial score (nSPS) is 13.8. The summed E-state index contributed by atoms with van der Waals surface area (Å²) in [7, 11) is 0. The highest BCUT2D eigenvalue weighted by Gasteiger charge is 2.17. The monoisotopic (exact) mass is 258 g/mol. The van der Waals surface area contributed by atoms with Crippen LogP contribution >= 0.6 is 0 Å². The molecule has 100 valence electrons. The second-order valence-electron chi connectivity index (χ2n) is 4.53. The number of hydrogen-bond acceptors (Lipinski definition) is 3. The Morgan fingerprint density at radius 2 is 2.11 bits per heavy atom. The summed E-state index contributed by atoms with van der Waals surface area (Å²) in [6.45, 7) is 2.55. The van der Waals surface area contributed by atoms with Crippen molar-refractivity contribution in [1.29, 1.82) is 0 Å². The molecule has 1 unspecified atom stereocenters. The van der Waals surface area contributed by atoms with Crippen molar-refractivity contribution in [3.05, 3.63) is 54.4 Å². The van der Waals surface area contributed by atoms with Crippen LogP contribution in [0, 0.1) is 0 Å². The van der Waals surface area contributed by atoms with E-state index in [1.807, 2.05) is 49.5 Å². The van der Waals surface area contributed by atoms with Gasteiger partial charge in [0.2, 0.25) is 5.91 Å². The van der Waals surface area contributed by atoms with Crippen LogP contribution in [0.25, 0.3) is 0 Å². The zero-order valence-electron chi connectivity index (χ0n) is 10.9. The molecule has 2 atom stereocenters. The quantitative estimate of drug-likeness (QED) is 0.843. The summed E-state index contributed by atoms with van der Waals surface area (Å²) in [6.07, 6.45) is 3.57. The summed E-state index contributed by atoms with van der Waals surface area (Å²) in [5.41, 5.74) is 6.74. The van der Waals surface area contributed by atoms with E-state index in [2.05, 4.69) is 10.4 Å². The third kappa shape index (κ3) is 3.66. The smallest absolute Gasteiger partial charge is 0.241 e. The number of benzene rings is 1. The molecule has 0 aliphatic rings. The Hall–Kier alpha value is -2.14. The first-order chi connectivity index (χ1) is 9.16. The van der Waals surface area contributed by atoms with E-state index < -0.39 is 6.04 Å². The van der Waals surface area contributed by atoms with Gasteiger partial charge in [-0.25, -0.2) is 0 Å². The molecule has 0 aliphatic heterocycles. The molecular weight excluding hydrogens is 240 g/mol. The Balaban J connectivity index is 1.90. The highest BCUT2D eigenvalue weighted by atomic mass is 16.2. The number of carbonyl (C=O) groups excluding carboxylic acids is 1. The number of hydrogen-bond donors (Lipinski definition) is 2. The lowest BCUT2D eigenvalue weighted by Crippen LogP contribution is -2.41. The molecule has 1 aromatic heterocycles. The van der Waals surface area contributed by atoms with Crippen LogP contribution in [0.1, 0.15) is 18.5 Å². The zero-order chi connectivity index (χ0) is 13.7. The largest absolute Gasteiger partial charge is 0.350 e. The topological polar surface area (TPSA) is 72.9 Å². The molecule has 0 saturated carbocycles. The van der Waals surface area contributed by atoms with E-state index in [4.69, 9.17) is 5.73 Å². The number of nitrogens with two attached hydrogens (primary N) is 1. The predicted molar refractivity (Wildman–Crippen MR) is 73.2 cm³/mol. The van der Waals surface area contributed by atoms with Gasteiger partial charge in [0.1, 0.15) is 6.04 Å². The molecule has 0 aliphatic carbocycles. The first-order valence-electron chi connectivity index (χ1n) is 6.25. The number of nitrogens with one attached hydrogen (secondary N) is 1. The van der Waals surface area contributed by atoms with Crippen LogP contribution in [0.15, 0.2) is 48.8 Å². The molecule has 0 spiro atoms. The van der Waals surface area contributed by atoms with Crippen LogP contribution in [-0.2, 0) is 11.3 Å². The van der Waals surface area contributed by atoms with Crippen molar-refractivity contribution < 1.29 is 4.79 Å². The lowest BCUT2D eigenvalue weighted by atomic mass is 10.1. The van der Waals surface area contributed by atoms with Crippen LogP contribution in [0.3, 0.4) is 0 Å². The van der Waals surface area contributed by atoms with E-state index in [9.17, 15) is 4.79 Å². The molecule has 5 heteroatoms. The van der Waals surface area contributed by atoms with Gasteiger partial charge in [0, 0.05) is 18.4 Å². The van der Waals surface area contributed by atoms with Gasteiger partial charge in [-0.2, -0.15) is 5.10 Å². The highest BCUT2D eigenvalue weighted by Crippen LogP contribution is 2.09. The Morgan fingerprint density at radius 1 is 1.37 bits per heavy atom. The number of nitrogens with zero attached hydrogens (tertiary/aromatic N) is 2. The van der Waals surface area contributed by atoms with E-state index in [1.165, 1.54) is 0 Å². The first kappa shape index (κ1) is 13.3. The molecule has 0 saturated heterocycles. The molecule has 19 heavy (non-hydrogen) atoms. The van der Waals surface area contributed by atoms with E-state index >= 15 is 0 Å². The van der Waals surface area contributed by atoms with Crippen molar-refractivity contribution in [2.45, 2.75) is 25.6 Å². The van der Waals surface area contributed by atoms with Crippen LogP contribution in [-0.4, -0.2) is 21.7 Å². The van der Waals surface area contributed by atoms with Crippen molar-refractivity contribution in [3.63, 3.8) is 0 Å². The van der Waals surface area contributed by atoms with Crippen molar-refractivity contribution in [2.75, 3.05) is 0 Å². The van der Waals surface area contributed by atoms with Crippen molar-refractivity contribution in [3.8, 4) is 0 Å². The third-order valence-electron chi connectivity index (χ3n) is 2.85. The molecule has 5 nitrogen and oxygen atoms in total. The van der Waals surface area contributed by atoms with Crippen LogP contribution in [0.2, 0.25) is 0 Å². The van der Waals surface area contributed by atoms with Crippen molar-refractivity contribution in [2.24, 2.45) is 5.73 Å². The number of carbonyl (C=O) groups is 1. The van der Waals surface area contributed by atoms with E-state index in [1.54, 1.807) is 10.9 Å². The zero-order valence-corrected chi connectivity index (χ0v) is 10.9. The fourth-order valence-corrected chi connectivity index (χ4v) is 1.88. The maximum absolute atomic E-state index is 12.0. The average Bonchev–Trinajstić information content (AvgIpc) is 2.91. The van der Waals surface area contributed by atoms with Gasteiger partial charge in [-0.3, -0.25) is 9.48 Å². The molecule has 1 amide bonds. The SMILES string of the molecule is CC(Cn1cccn1)NC(=O)[C@@H](N)c1ccccc1. The molecule has 3 N–H and O–H groups in total. The van der Waals surface area contributed by atoms with Gasteiger partial charge >= 0.3 is 0 Å². The molecular formula is C14H18N4O. The van der Waals surface area contributed by atoms with Gasteiger partial charge in [0.25, 0.3) is 0 Å². The molecule has 2 aromatic rings. The van der Waals surface area contributed by atoms with E-state index in [0.29, 0.717) is 6.54 Å². The lowest BCUT2D eigenvalue weighted by Gasteiger charge is -2.17. The first-order valence-corrected chi connectivity index (χ1v) is 6.25. The van der Waals surface area contributed by atoms with Gasteiger partial charge < -0.3 is 11.1 Å². The van der Waals surface area contributed by atoms with Gasteiger partial charge in [0.05, 0.1) is 6.54 Å². The van der Waals surface area contributed by atoms with Gasteiger partial charge in [0.15, 0.2) is 0 Å². The maximum Gasteiger partial charge on any atom is 0.241 e. The molecule has 0 bridgehead atoms. The minimum absolute atomic E-state index is 0.0258. The second kappa shape index (κ2) is 6.15. The molecule has 0 radical (unpaired) electrons. The van der Waals surface area contributed by atoms with E-state index in [0.717, 1.165) is 5.56 Å². The minimum atomic E-state index is -0.638.